The number of rotatable bonds is 7. The molecule has 0 atom stereocenters. The van der Waals surface area contributed by atoms with Gasteiger partial charge in [-0.1, -0.05) is 0 Å². The number of carbonyl (C=O) groups excluding carboxylic acids is 1. The van der Waals surface area contributed by atoms with E-state index in [9.17, 15) is 4.79 Å². The molecule has 0 radical (unpaired) electrons. The Morgan fingerprint density at radius 2 is 1.94 bits per heavy atom. The zero-order valence-corrected chi connectivity index (χ0v) is 17.9. The van der Waals surface area contributed by atoms with Crippen LogP contribution in [0.25, 0.3) is 10.9 Å². The van der Waals surface area contributed by atoms with E-state index in [2.05, 4.69) is 39.2 Å². The number of amides is 1. The smallest absolute Gasteiger partial charge is 0.248 e. The molecule has 2 aliphatic rings. The maximum absolute atomic E-state index is 11.5. The number of piperazine rings is 1. The van der Waals surface area contributed by atoms with Crippen LogP contribution in [0.15, 0.2) is 42.6 Å². The molecule has 1 aromatic heterocycles. The monoisotopic (exact) mass is 418 g/mol. The van der Waals surface area contributed by atoms with Gasteiger partial charge in [0, 0.05) is 61.0 Å². The summed E-state index contributed by atoms with van der Waals surface area (Å²) in [7, 11) is 0. The van der Waals surface area contributed by atoms with Crippen LogP contribution >= 0.6 is 0 Å². The number of anilines is 1. The van der Waals surface area contributed by atoms with Crippen molar-refractivity contribution in [2.45, 2.75) is 25.7 Å². The van der Waals surface area contributed by atoms with Gasteiger partial charge < -0.3 is 20.4 Å². The van der Waals surface area contributed by atoms with E-state index in [1.165, 1.54) is 23.2 Å². The van der Waals surface area contributed by atoms with Gasteiger partial charge in [0.15, 0.2) is 0 Å². The molecule has 0 saturated carbocycles. The number of unbranched alkanes of at least 4 members (excludes halogenated alkanes) is 1. The van der Waals surface area contributed by atoms with Crippen LogP contribution in [0.1, 0.15) is 34.3 Å². The average molecular weight is 419 g/mol. The molecule has 3 N–H and O–H groups in total. The second-order valence-electron chi connectivity index (χ2n) is 8.61. The number of nitrogens with two attached hydrogens (primary N) is 1. The lowest BCUT2D eigenvalue weighted by atomic mass is 10.0. The maximum atomic E-state index is 11.5. The molecule has 2 aliphatic heterocycles. The van der Waals surface area contributed by atoms with Crippen molar-refractivity contribution >= 4 is 22.5 Å². The minimum absolute atomic E-state index is 0.374. The minimum atomic E-state index is -0.374. The number of ether oxygens (including phenoxy) is 1. The Labute approximate surface area is 183 Å². The highest BCUT2D eigenvalue weighted by molar-refractivity contribution is 5.97. The van der Waals surface area contributed by atoms with Gasteiger partial charge in [-0.25, -0.2) is 0 Å². The number of nitrogens with one attached hydrogen (secondary N) is 1. The van der Waals surface area contributed by atoms with Gasteiger partial charge in [0.25, 0.3) is 0 Å². The second kappa shape index (κ2) is 8.63. The molecule has 1 amide bonds. The van der Waals surface area contributed by atoms with Crippen LogP contribution in [-0.4, -0.2) is 55.1 Å². The molecule has 0 spiro atoms. The van der Waals surface area contributed by atoms with Crippen molar-refractivity contribution in [3.8, 4) is 5.75 Å². The fourth-order valence-electron chi connectivity index (χ4n) is 4.79. The fraction of sp³-hybridized carbons (Fsp3) is 0.400. The molecular weight excluding hydrogens is 388 g/mol. The summed E-state index contributed by atoms with van der Waals surface area (Å²) in [6, 6.07) is 12.3. The Morgan fingerprint density at radius 1 is 1.06 bits per heavy atom. The highest BCUT2D eigenvalue weighted by Crippen LogP contribution is 2.30. The van der Waals surface area contributed by atoms with E-state index >= 15 is 0 Å². The zero-order valence-electron chi connectivity index (χ0n) is 17.9. The van der Waals surface area contributed by atoms with Crippen LogP contribution in [0.5, 0.6) is 5.75 Å². The van der Waals surface area contributed by atoms with Crippen LogP contribution in [0.3, 0.4) is 0 Å². The number of nitrogens with zero attached hydrogens (tertiary/aromatic N) is 2. The Kier molecular flexibility index (Phi) is 5.55. The Hall–Kier alpha value is -2.99. The zero-order chi connectivity index (χ0) is 21.2. The number of H-pyrrole nitrogens is 1. The van der Waals surface area contributed by atoms with Crippen LogP contribution < -0.4 is 15.4 Å². The van der Waals surface area contributed by atoms with Crippen LogP contribution in [0.4, 0.5) is 5.69 Å². The van der Waals surface area contributed by atoms with Crippen LogP contribution in [0, 0.1) is 0 Å². The molecular formula is C25H30N4O2. The molecule has 3 aromatic rings. The lowest BCUT2D eigenvalue weighted by Crippen LogP contribution is -2.46. The Balaban J connectivity index is 1.09. The number of carbonyl (C=O) groups is 1. The number of benzene rings is 2. The van der Waals surface area contributed by atoms with Crippen LogP contribution in [-0.2, 0) is 12.8 Å². The predicted molar refractivity (Wildman–Crippen MR) is 124 cm³/mol. The molecule has 0 bridgehead atoms. The number of fused-ring (bicyclic) bond motifs is 2. The normalized spacial score (nSPS) is 16.5. The van der Waals surface area contributed by atoms with Crippen molar-refractivity contribution in [2.24, 2.45) is 5.73 Å². The third kappa shape index (κ3) is 4.26. The molecule has 0 aliphatic carbocycles. The van der Waals surface area contributed by atoms with Crippen molar-refractivity contribution in [1.82, 2.24) is 9.88 Å². The van der Waals surface area contributed by atoms with Crippen molar-refractivity contribution in [2.75, 3.05) is 44.2 Å². The Morgan fingerprint density at radius 3 is 2.77 bits per heavy atom. The predicted octanol–water partition coefficient (Wildman–Crippen LogP) is 3.35. The van der Waals surface area contributed by atoms with Crippen molar-refractivity contribution in [3.63, 3.8) is 0 Å². The lowest BCUT2D eigenvalue weighted by Gasteiger charge is -2.36. The van der Waals surface area contributed by atoms with Gasteiger partial charge in [-0.3, -0.25) is 9.69 Å². The topological polar surface area (TPSA) is 74.6 Å². The summed E-state index contributed by atoms with van der Waals surface area (Å²) in [5, 5.41) is 1.12. The summed E-state index contributed by atoms with van der Waals surface area (Å²) in [6.07, 6.45) is 6.43. The summed E-state index contributed by atoms with van der Waals surface area (Å²) < 4.78 is 5.63. The second-order valence-corrected chi connectivity index (χ2v) is 8.61. The lowest BCUT2D eigenvalue weighted by molar-refractivity contribution is 0.100. The third-order valence-corrected chi connectivity index (χ3v) is 6.63. The van der Waals surface area contributed by atoms with Crippen molar-refractivity contribution < 1.29 is 9.53 Å². The van der Waals surface area contributed by atoms with E-state index in [0.717, 1.165) is 75.2 Å². The summed E-state index contributed by atoms with van der Waals surface area (Å²) in [6.45, 7) is 6.35. The SMILES string of the molecule is NC(=O)c1ccc2[nH]cc(CCCCN3CCN(c4ccc5c(c4)CCO5)CC3)c2c1. The number of aryl methyl sites for hydroxylation is 1. The standard InChI is InChI=1S/C25H30N4O2/c26-25(30)19-4-6-23-22(16-19)20(17-27-23)3-1-2-9-28-10-12-29(13-11-28)21-5-7-24-18(15-21)8-14-31-24/h4-7,15-17,27H,1-3,8-14H2,(H2,26,30). The van der Waals surface area contributed by atoms with Gasteiger partial charge in [0.2, 0.25) is 5.91 Å². The van der Waals surface area contributed by atoms with Gasteiger partial charge in [-0.05, 0) is 73.3 Å². The Bertz CT molecular complexity index is 1080. The molecule has 1 fully saturated rings. The summed E-state index contributed by atoms with van der Waals surface area (Å²) in [5.74, 6) is 0.685. The number of primary amides is 1. The highest BCUT2D eigenvalue weighted by atomic mass is 16.5. The molecule has 162 valence electrons. The molecule has 1 saturated heterocycles. The number of aromatic nitrogens is 1. The van der Waals surface area contributed by atoms with Crippen molar-refractivity contribution in [3.05, 3.63) is 59.3 Å². The summed E-state index contributed by atoms with van der Waals surface area (Å²) >= 11 is 0. The fourth-order valence-corrected chi connectivity index (χ4v) is 4.79. The van der Waals surface area contributed by atoms with E-state index < -0.39 is 0 Å². The first-order valence-corrected chi connectivity index (χ1v) is 11.3. The first kappa shape index (κ1) is 19.9. The first-order valence-electron chi connectivity index (χ1n) is 11.3. The molecule has 3 heterocycles. The van der Waals surface area contributed by atoms with E-state index in [1.807, 2.05) is 12.1 Å². The third-order valence-electron chi connectivity index (χ3n) is 6.63. The molecule has 6 heteroatoms. The van der Waals surface area contributed by atoms with Crippen molar-refractivity contribution in [1.29, 1.82) is 0 Å². The minimum Gasteiger partial charge on any atom is -0.493 e. The van der Waals surface area contributed by atoms with E-state index in [1.54, 1.807) is 6.07 Å². The van der Waals surface area contributed by atoms with Gasteiger partial charge in [-0.15, -0.1) is 0 Å². The van der Waals surface area contributed by atoms with E-state index in [0.29, 0.717) is 5.56 Å². The molecule has 6 nitrogen and oxygen atoms in total. The van der Waals surface area contributed by atoms with Gasteiger partial charge in [0.05, 0.1) is 6.61 Å². The number of hydrogen-bond donors (Lipinski definition) is 2. The largest absolute Gasteiger partial charge is 0.493 e. The van der Waals surface area contributed by atoms with Crippen LogP contribution in [0.2, 0.25) is 0 Å². The van der Waals surface area contributed by atoms with Gasteiger partial charge >= 0.3 is 0 Å². The highest BCUT2D eigenvalue weighted by Gasteiger charge is 2.19. The first-order chi connectivity index (χ1) is 15.2. The summed E-state index contributed by atoms with van der Waals surface area (Å²) in [5.41, 5.74) is 11.0. The number of aromatic amines is 1. The molecule has 31 heavy (non-hydrogen) atoms. The molecule has 0 unspecified atom stereocenters. The quantitative estimate of drug-likeness (QED) is 0.577. The van der Waals surface area contributed by atoms with E-state index in [4.69, 9.17) is 10.5 Å². The molecule has 5 rings (SSSR count). The average Bonchev–Trinajstić information content (AvgIpc) is 3.43. The molecule has 2 aromatic carbocycles. The summed E-state index contributed by atoms with van der Waals surface area (Å²) in [4.78, 5) is 19.9. The maximum Gasteiger partial charge on any atom is 0.248 e. The van der Waals surface area contributed by atoms with Gasteiger partial charge in [0.1, 0.15) is 5.75 Å². The number of hydrogen-bond acceptors (Lipinski definition) is 4. The van der Waals surface area contributed by atoms with Gasteiger partial charge in [-0.2, -0.15) is 0 Å². The van der Waals surface area contributed by atoms with E-state index in [-0.39, 0.29) is 5.91 Å².